The number of ether oxygens (including phenoxy) is 2. The van der Waals surface area contributed by atoms with E-state index in [1.807, 2.05) is 11.0 Å². The molecule has 0 spiro atoms. The zero-order valence-corrected chi connectivity index (χ0v) is 20.5. The molecular formula is C26H32ClN3O4. The average Bonchev–Trinajstić information content (AvgIpc) is 3.39. The molecule has 1 heterocycles. The molecule has 0 unspecified atom stereocenters. The predicted molar refractivity (Wildman–Crippen MR) is 133 cm³/mol. The van der Waals surface area contributed by atoms with Crippen LogP contribution in [0.2, 0.25) is 5.02 Å². The van der Waals surface area contributed by atoms with Gasteiger partial charge in [0.05, 0.1) is 20.3 Å². The molecule has 1 aliphatic heterocycles. The lowest BCUT2D eigenvalue weighted by Crippen LogP contribution is -2.56. The van der Waals surface area contributed by atoms with E-state index in [-0.39, 0.29) is 17.9 Å². The Morgan fingerprint density at radius 1 is 0.941 bits per heavy atom. The fraction of sp³-hybridized carbons (Fsp3) is 0.462. The van der Waals surface area contributed by atoms with Crippen LogP contribution in [0.3, 0.4) is 0 Å². The quantitative estimate of drug-likeness (QED) is 0.632. The summed E-state index contributed by atoms with van der Waals surface area (Å²) in [6, 6.07) is 12.2. The molecule has 2 fully saturated rings. The van der Waals surface area contributed by atoms with Crippen LogP contribution < -0.4 is 14.8 Å². The summed E-state index contributed by atoms with van der Waals surface area (Å²) >= 11 is 5.96. The van der Waals surface area contributed by atoms with Gasteiger partial charge in [0.25, 0.3) is 5.91 Å². The van der Waals surface area contributed by atoms with Crippen LogP contribution in [0.25, 0.3) is 0 Å². The van der Waals surface area contributed by atoms with E-state index in [4.69, 9.17) is 21.1 Å². The Morgan fingerprint density at radius 2 is 1.59 bits per heavy atom. The molecule has 1 aliphatic carbocycles. The van der Waals surface area contributed by atoms with Crippen LogP contribution >= 0.6 is 11.6 Å². The number of anilines is 1. The molecule has 1 N–H and O–H groups in total. The van der Waals surface area contributed by atoms with Crippen molar-refractivity contribution in [1.82, 2.24) is 9.80 Å². The summed E-state index contributed by atoms with van der Waals surface area (Å²) in [5.74, 6) is 1.51. The number of rotatable bonds is 7. The largest absolute Gasteiger partial charge is 0.493 e. The van der Waals surface area contributed by atoms with Crippen molar-refractivity contribution in [3.63, 3.8) is 0 Å². The standard InChI is InChI=1S/C26H32ClN3O4/c1-33-22-12-11-21(17-23(22)34-2)28-25(31)24(18-5-3-4-6-18)29-13-15-30(16-14-29)26(32)19-7-9-20(27)10-8-19/h7-12,17-18,24H,3-6,13-16H2,1-2H3,(H,28,31)/t24-/m1/s1. The molecule has 1 saturated heterocycles. The van der Waals surface area contributed by atoms with Crippen LogP contribution in [0, 0.1) is 5.92 Å². The van der Waals surface area contributed by atoms with Gasteiger partial charge in [-0.2, -0.15) is 0 Å². The molecule has 8 heteroatoms. The van der Waals surface area contributed by atoms with Gasteiger partial charge in [-0.1, -0.05) is 24.4 Å². The van der Waals surface area contributed by atoms with E-state index >= 15 is 0 Å². The topological polar surface area (TPSA) is 71.1 Å². The summed E-state index contributed by atoms with van der Waals surface area (Å²) in [5.41, 5.74) is 1.32. The number of piperazine rings is 1. The van der Waals surface area contributed by atoms with Gasteiger partial charge in [0, 0.05) is 48.5 Å². The van der Waals surface area contributed by atoms with E-state index in [9.17, 15) is 9.59 Å². The van der Waals surface area contributed by atoms with Gasteiger partial charge in [0.15, 0.2) is 11.5 Å². The van der Waals surface area contributed by atoms with Gasteiger partial charge in [-0.3, -0.25) is 14.5 Å². The van der Waals surface area contributed by atoms with Gasteiger partial charge in [-0.05, 0) is 55.2 Å². The fourth-order valence-electron chi connectivity index (χ4n) is 5.06. The van der Waals surface area contributed by atoms with Gasteiger partial charge in [0.1, 0.15) is 0 Å². The maximum absolute atomic E-state index is 13.5. The van der Waals surface area contributed by atoms with Gasteiger partial charge in [-0.25, -0.2) is 0 Å². The van der Waals surface area contributed by atoms with Crippen LogP contribution in [0.1, 0.15) is 36.0 Å². The maximum atomic E-state index is 13.5. The second-order valence-electron chi connectivity index (χ2n) is 8.88. The third-order valence-electron chi connectivity index (χ3n) is 6.85. The molecule has 1 saturated carbocycles. The number of halogens is 1. The Balaban J connectivity index is 1.44. The van der Waals surface area contributed by atoms with Crippen molar-refractivity contribution < 1.29 is 19.1 Å². The van der Waals surface area contributed by atoms with Gasteiger partial charge < -0.3 is 19.7 Å². The number of amides is 2. The minimum Gasteiger partial charge on any atom is -0.493 e. The van der Waals surface area contributed by atoms with Crippen LogP contribution in [-0.4, -0.2) is 68.1 Å². The van der Waals surface area contributed by atoms with Crippen LogP contribution in [0.15, 0.2) is 42.5 Å². The molecule has 0 radical (unpaired) electrons. The summed E-state index contributed by atoms with van der Waals surface area (Å²) in [6.45, 7) is 2.52. The van der Waals surface area contributed by atoms with Crippen molar-refractivity contribution in [2.75, 3.05) is 45.7 Å². The van der Waals surface area contributed by atoms with E-state index in [2.05, 4.69) is 10.2 Å². The lowest BCUT2D eigenvalue weighted by atomic mass is 9.94. The van der Waals surface area contributed by atoms with Crippen molar-refractivity contribution in [3.05, 3.63) is 53.1 Å². The smallest absolute Gasteiger partial charge is 0.253 e. The molecular weight excluding hydrogens is 454 g/mol. The molecule has 4 rings (SSSR count). The molecule has 1 atom stereocenters. The first-order valence-corrected chi connectivity index (χ1v) is 12.2. The van der Waals surface area contributed by atoms with E-state index in [1.54, 1.807) is 50.6 Å². The lowest BCUT2D eigenvalue weighted by molar-refractivity contribution is -0.123. The number of carbonyl (C=O) groups is 2. The molecule has 2 aromatic carbocycles. The Bertz CT molecular complexity index is 1000. The zero-order valence-electron chi connectivity index (χ0n) is 19.8. The first-order valence-electron chi connectivity index (χ1n) is 11.8. The van der Waals surface area contributed by atoms with Crippen molar-refractivity contribution >= 4 is 29.1 Å². The normalized spacial score (nSPS) is 17.9. The highest BCUT2D eigenvalue weighted by molar-refractivity contribution is 6.30. The van der Waals surface area contributed by atoms with Crippen LogP contribution in [0.4, 0.5) is 5.69 Å². The Morgan fingerprint density at radius 3 is 2.21 bits per heavy atom. The monoisotopic (exact) mass is 485 g/mol. The van der Waals surface area contributed by atoms with Crippen molar-refractivity contribution in [2.24, 2.45) is 5.92 Å². The highest BCUT2D eigenvalue weighted by atomic mass is 35.5. The molecule has 7 nitrogen and oxygen atoms in total. The van der Waals surface area contributed by atoms with E-state index in [0.717, 1.165) is 25.7 Å². The number of nitrogens with one attached hydrogen (secondary N) is 1. The highest BCUT2D eigenvalue weighted by Gasteiger charge is 2.37. The summed E-state index contributed by atoms with van der Waals surface area (Å²) in [7, 11) is 3.17. The molecule has 2 aliphatic rings. The summed E-state index contributed by atoms with van der Waals surface area (Å²) < 4.78 is 10.7. The Kier molecular flexibility index (Phi) is 7.95. The first-order chi connectivity index (χ1) is 16.5. The van der Waals surface area contributed by atoms with E-state index in [1.165, 1.54) is 0 Å². The van der Waals surface area contributed by atoms with Gasteiger partial charge in [0.2, 0.25) is 5.91 Å². The number of nitrogens with zero attached hydrogens (tertiary/aromatic N) is 2. The van der Waals surface area contributed by atoms with Crippen molar-refractivity contribution in [3.8, 4) is 11.5 Å². The van der Waals surface area contributed by atoms with Crippen LogP contribution in [-0.2, 0) is 4.79 Å². The molecule has 0 bridgehead atoms. The minimum atomic E-state index is -0.219. The Hall–Kier alpha value is -2.77. The molecule has 2 amide bonds. The summed E-state index contributed by atoms with van der Waals surface area (Å²) in [5, 5.41) is 3.71. The molecule has 34 heavy (non-hydrogen) atoms. The van der Waals surface area contributed by atoms with E-state index in [0.29, 0.717) is 59.9 Å². The maximum Gasteiger partial charge on any atom is 0.253 e. The number of hydrogen-bond acceptors (Lipinski definition) is 5. The lowest BCUT2D eigenvalue weighted by Gasteiger charge is -2.40. The van der Waals surface area contributed by atoms with Crippen molar-refractivity contribution in [2.45, 2.75) is 31.7 Å². The van der Waals surface area contributed by atoms with Crippen molar-refractivity contribution in [1.29, 1.82) is 0 Å². The Labute approximate surface area is 206 Å². The number of hydrogen-bond donors (Lipinski definition) is 1. The highest BCUT2D eigenvalue weighted by Crippen LogP contribution is 2.33. The fourth-order valence-corrected chi connectivity index (χ4v) is 5.19. The number of benzene rings is 2. The van der Waals surface area contributed by atoms with E-state index < -0.39 is 0 Å². The van der Waals surface area contributed by atoms with Gasteiger partial charge in [-0.15, -0.1) is 0 Å². The molecule has 0 aromatic heterocycles. The zero-order chi connectivity index (χ0) is 24.1. The first kappa shape index (κ1) is 24.4. The second kappa shape index (κ2) is 11.1. The predicted octanol–water partition coefficient (Wildman–Crippen LogP) is 4.31. The average molecular weight is 486 g/mol. The van der Waals surface area contributed by atoms with Gasteiger partial charge >= 0.3 is 0 Å². The number of carbonyl (C=O) groups excluding carboxylic acids is 2. The third kappa shape index (κ3) is 5.47. The minimum absolute atomic E-state index is 0.00315. The van der Waals surface area contributed by atoms with Crippen LogP contribution in [0.5, 0.6) is 11.5 Å². The summed E-state index contributed by atoms with van der Waals surface area (Å²) in [6.07, 6.45) is 4.40. The second-order valence-corrected chi connectivity index (χ2v) is 9.32. The SMILES string of the molecule is COc1ccc(NC(=O)[C@@H](C2CCCC2)N2CCN(C(=O)c3ccc(Cl)cc3)CC2)cc1OC. The molecule has 182 valence electrons. The summed E-state index contributed by atoms with van der Waals surface area (Å²) in [4.78, 5) is 30.5. The number of methoxy groups -OCH3 is 2. The third-order valence-corrected chi connectivity index (χ3v) is 7.10. The molecule has 2 aromatic rings.